The summed E-state index contributed by atoms with van der Waals surface area (Å²) >= 11 is 11.8. The van der Waals surface area contributed by atoms with Crippen LogP contribution in [0.1, 0.15) is 10.4 Å². The van der Waals surface area contributed by atoms with Gasteiger partial charge in [-0.2, -0.15) is 0 Å². The molecule has 0 bridgehead atoms. The summed E-state index contributed by atoms with van der Waals surface area (Å²) in [5.41, 5.74) is 1.54. The van der Waals surface area contributed by atoms with E-state index in [1.165, 1.54) is 0 Å². The van der Waals surface area contributed by atoms with E-state index in [1.807, 2.05) is 24.3 Å². The standard InChI is InChI=1S/C19H19Cl2N3O2/c20-15-6-4-14(5-7-15)19(26)22-13-18(25)24-10-8-23(9-11-24)17-3-1-2-16(21)12-17/h1-7,12H,8-11,13H2,(H,22,26). The van der Waals surface area contributed by atoms with Gasteiger partial charge in [-0.1, -0.05) is 29.3 Å². The van der Waals surface area contributed by atoms with Crippen LogP contribution < -0.4 is 10.2 Å². The van der Waals surface area contributed by atoms with E-state index in [4.69, 9.17) is 23.2 Å². The third kappa shape index (κ3) is 4.68. The molecule has 0 unspecified atom stereocenters. The van der Waals surface area contributed by atoms with Gasteiger partial charge in [0.2, 0.25) is 5.91 Å². The second kappa shape index (κ2) is 8.43. The van der Waals surface area contributed by atoms with Crippen LogP contribution in [0.4, 0.5) is 5.69 Å². The van der Waals surface area contributed by atoms with E-state index in [0.29, 0.717) is 28.7 Å². The molecule has 1 N–H and O–H groups in total. The average Bonchev–Trinajstić information content (AvgIpc) is 2.66. The van der Waals surface area contributed by atoms with Crippen LogP contribution in [0.3, 0.4) is 0 Å². The van der Waals surface area contributed by atoms with Crippen molar-refractivity contribution in [1.82, 2.24) is 10.2 Å². The van der Waals surface area contributed by atoms with Gasteiger partial charge in [0.1, 0.15) is 0 Å². The topological polar surface area (TPSA) is 52.7 Å². The zero-order valence-electron chi connectivity index (χ0n) is 14.1. The number of piperazine rings is 1. The summed E-state index contributed by atoms with van der Waals surface area (Å²) in [6.07, 6.45) is 0. The number of hydrogen-bond donors (Lipinski definition) is 1. The Bertz CT molecular complexity index is 788. The Balaban J connectivity index is 1.47. The van der Waals surface area contributed by atoms with Crippen molar-refractivity contribution in [2.75, 3.05) is 37.6 Å². The van der Waals surface area contributed by atoms with E-state index in [9.17, 15) is 9.59 Å². The van der Waals surface area contributed by atoms with Gasteiger partial charge in [0.15, 0.2) is 0 Å². The van der Waals surface area contributed by atoms with Gasteiger partial charge < -0.3 is 15.1 Å². The normalized spacial score (nSPS) is 14.2. The quantitative estimate of drug-likeness (QED) is 0.870. The first-order valence-electron chi connectivity index (χ1n) is 8.35. The molecule has 2 aromatic rings. The van der Waals surface area contributed by atoms with Crippen LogP contribution >= 0.6 is 23.2 Å². The lowest BCUT2D eigenvalue weighted by Crippen LogP contribution is -2.51. The highest BCUT2D eigenvalue weighted by Crippen LogP contribution is 2.20. The summed E-state index contributed by atoms with van der Waals surface area (Å²) < 4.78 is 0. The Morgan fingerprint density at radius 1 is 0.923 bits per heavy atom. The van der Waals surface area contributed by atoms with E-state index >= 15 is 0 Å². The van der Waals surface area contributed by atoms with Crippen LogP contribution in [0.5, 0.6) is 0 Å². The van der Waals surface area contributed by atoms with Gasteiger partial charge >= 0.3 is 0 Å². The molecule has 1 heterocycles. The lowest BCUT2D eigenvalue weighted by molar-refractivity contribution is -0.130. The molecule has 2 amide bonds. The van der Waals surface area contributed by atoms with Crippen molar-refractivity contribution in [3.8, 4) is 0 Å². The first kappa shape index (κ1) is 18.5. The zero-order valence-corrected chi connectivity index (χ0v) is 15.6. The van der Waals surface area contributed by atoms with Crippen molar-refractivity contribution in [2.24, 2.45) is 0 Å². The molecule has 5 nitrogen and oxygen atoms in total. The summed E-state index contributed by atoms with van der Waals surface area (Å²) in [5.74, 6) is -0.370. The second-order valence-electron chi connectivity index (χ2n) is 6.04. The number of carbonyl (C=O) groups excluding carboxylic acids is 2. The van der Waals surface area contributed by atoms with Gasteiger partial charge in [0.25, 0.3) is 5.91 Å². The first-order chi connectivity index (χ1) is 12.5. The predicted molar refractivity (Wildman–Crippen MR) is 104 cm³/mol. The Hall–Kier alpha value is -2.24. The number of nitrogens with one attached hydrogen (secondary N) is 1. The van der Waals surface area contributed by atoms with Gasteiger partial charge in [-0.05, 0) is 42.5 Å². The number of hydrogen-bond acceptors (Lipinski definition) is 3. The highest BCUT2D eigenvalue weighted by molar-refractivity contribution is 6.31. The van der Waals surface area contributed by atoms with Crippen LogP contribution in [0.15, 0.2) is 48.5 Å². The number of benzene rings is 2. The van der Waals surface area contributed by atoms with Gasteiger partial charge in [-0.3, -0.25) is 9.59 Å². The van der Waals surface area contributed by atoms with Crippen molar-refractivity contribution in [3.05, 3.63) is 64.1 Å². The van der Waals surface area contributed by atoms with Crippen LogP contribution in [0.2, 0.25) is 10.0 Å². The number of anilines is 1. The Labute approximate surface area is 162 Å². The minimum absolute atomic E-state index is 0.0153. The highest BCUT2D eigenvalue weighted by Gasteiger charge is 2.21. The average molecular weight is 392 g/mol. The van der Waals surface area contributed by atoms with Crippen LogP contribution in [-0.2, 0) is 4.79 Å². The molecular weight excluding hydrogens is 373 g/mol. The molecular formula is C19H19Cl2N3O2. The van der Waals surface area contributed by atoms with E-state index < -0.39 is 0 Å². The number of halogens is 2. The first-order valence-corrected chi connectivity index (χ1v) is 9.10. The molecule has 0 radical (unpaired) electrons. The van der Waals surface area contributed by atoms with Crippen molar-refractivity contribution < 1.29 is 9.59 Å². The van der Waals surface area contributed by atoms with Gasteiger partial charge in [-0.15, -0.1) is 0 Å². The second-order valence-corrected chi connectivity index (χ2v) is 6.91. The predicted octanol–water partition coefficient (Wildman–Crippen LogP) is 3.07. The molecule has 1 fully saturated rings. The third-order valence-electron chi connectivity index (χ3n) is 4.31. The summed E-state index contributed by atoms with van der Waals surface area (Å²) in [6, 6.07) is 14.2. The fraction of sp³-hybridized carbons (Fsp3) is 0.263. The number of rotatable bonds is 4. The van der Waals surface area contributed by atoms with Crippen molar-refractivity contribution in [3.63, 3.8) is 0 Å². The maximum absolute atomic E-state index is 12.3. The fourth-order valence-electron chi connectivity index (χ4n) is 2.86. The summed E-state index contributed by atoms with van der Waals surface area (Å²) in [5, 5.41) is 3.93. The largest absolute Gasteiger partial charge is 0.368 e. The van der Waals surface area contributed by atoms with E-state index in [2.05, 4.69) is 10.2 Å². The minimum Gasteiger partial charge on any atom is -0.368 e. The van der Waals surface area contributed by atoms with Gasteiger partial charge in [0.05, 0.1) is 6.54 Å². The molecule has 136 valence electrons. The third-order valence-corrected chi connectivity index (χ3v) is 4.80. The number of amides is 2. The molecule has 0 aromatic heterocycles. The molecule has 1 saturated heterocycles. The van der Waals surface area contributed by atoms with Crippen LogP contribution in [-0.4, -0.2) is 49.4 Å². The monoisotopic (exact) mass is 391 g/mol. The molecule has 0 atom stereocenters. The minimum atomic E-state index is -0.285. The SMILES string of the molecule is O=C(NCC(=O)N1CCN(c2cccc(Cl)c2)CC1)c1ccc(Cl)cc1. The molecule has 0 aliphatic carbocycles. The summed E-state index contributed by atoms with van der Waals surface area (Å²) in [6.45, 7) is 2.68. The van der Waals surface area contributed by atoms with Crippen molar-refractivity contribution >= 4 is 40.7 Å². The van der Waals surface area contributed by atoms with Gasteiger partial charge in [0, 0.05) is 47.5 Å². The summed E-state index contributed by atoms with van der Waals surface area (Å²) in [4.78, 5) is 28.4. The number of nitrogens with zero attached hydrogens (tertiary/aromatic N) is 2. The smallest absolute Gasteiger partial charge is 0.251 e. The van der Waals surface area contributed by atoms with E-state index in [1.54, 1.807) is 29.2 Å². The fourth-order valence-corrected chi connectivity index (χ4v) is 3.17. The molecule has 1 aliphatic heterocycles. The van der Waals surface area contributed by atoms with Crippen molar-refractivity contribution in [2.45, 2.75) is 0 Å². The Morgan fingerprint density at radius 2 is 1.62 bits per heavy atom. The lowest BCUT2D eigenvalue weighted by atomic mass is 10.2. The number of carbonyl (C=O) groups is 2. The Morgan fingerprint density at radius 3 is 2.27 bits per heavy atom. The molecule has 26 heavy (non-hydrogen) atoms. The zero-order chi connectivity index (χ0) is 18.5. The highest BCUT2D eigenvalue weighted by atomic mass is 35.5. The molecule has 3 rings (SSSR count). The van der Waals surface area contributed by atoms with Crippen LogP contribution in [0, 0.1) is 0 Å². The van der Waals surface area contributed by atoms with E-state index in [0.717, 1.165) is 18.8 Å². The molecule has 0 saturated carbocycles. The summed E-state index contributed by atoms with van der Waals surface area (Å²) in [7, 11) is 0. The molecule has 1 aliphatic rings. The van der Waals surface area contributed by atoms with Gasteiger partial charge in [-0.25, -0.2) is 0 Å². The molecule has 7 heteroatoms. The van der Waals surface area contributed by atoms with E-state index in [-0.39, 0.29) is 18.4 Å². The molecule has 0 spiro atoms. The maximum atomic E-state index is 12.3. The Kier molecular flexibility index (Phi) is 6.01. The van der Waals surface area contributed by atoms with Crippen molar-refractivity contribution in [1.29, 1.82) is 0 Å². The lowest BCUT2D eigenvalue weighted by Gasteiger charge is -2.36. The molecule has 2 aromatic carbocycles. The maximum Gasteiger partial charge on any atom is 0.251 e. The van der Waals surface area contributed by atoms with Crippen LogP contribution in [0.25, 0.3) is 0 Å².